The van der Waals surface area contributed by atoms with Gasteiger partial charge in [-0.3, -0.25) is 15.1 Å². The summed E-state index contributed by atoms with van der Waals surface area (Å²) in [5, 5.41) is 3.85. The topological polar surface area (TPSA) is 59.6 Å². The Balaban J connectivity index is 1.31. The maximum absolute atomic E-state index is 13.2. The van der Waals surface area contributed by atoms with Gasteiger partial charge in [-0.2, -0.15) is 0 Å². The fourth-order valence-electron chi connectivity index (χ4n) is 4.17. The fraction of sp³-hybridized carbons (Fsp3) is 0.611. The van der Waals surface area contributed by atoms with E-state index in [9.17, 15) is 9.18 Å². The van der Waals surface area contributed by atoms with Gasteiger partial charge in [-0.15, -0.1) is 0 Å². The number of nitrogens with zero attached hydrogens (tertiary/aromatic N) is 2. The Labute approximate surface area is 158 Å². The minimum absolute atomic E-state index is 0.147. The molecule has 0 radical (unpaired) electrons. The van der Waals surface area contributed by atoms with Crippen molar-refractivity contribution in [2.24, 2.45) is 5.92 Å². The Bertz CT molecular complexity index is 667. The summed E-state index contributed by atoms with van der Waals surface area (Å²) in [5.41, 5.74) is 7.42. The van der Waals surface area contributed by atoms with Crippen LogP contribution in [0.3, 0.4) is 0 Å². The van der Waals surface area contributed by atoms with Gasteiger partial charge in [-0.05, 0) is 30.7 Å². The number of piperidine rings is 1. The van der Waals surface area contributed by atoms with Crippen molar-refractivity contribution in [3.8, 4) is 0 Å². The smallest absolute Gasteiger partial charge is 0.241 e. The second-order valence-electron chi connectivity index (χ2n) is 7.37. The molecule has 0 saturated carbocycles. The van der Waals surface area contributed by atoms with Gasteiger partial charge in [0.15, 0.2) is 0 Å². The lowest BCUT2D eigenvalue weighted by Gasteiger charge is -2.37. The number of carbonyl (C=O) groups excluding carboxylic acids is 1. The molecule has 3 unspecified atom stereocenters. The van der Waals surface area contributed by atoms with Crippen molar-refractivity contribution in [2.75, 3.05) is 39.3 Å². The molecule has 0 aliphatic carbocycles. The molecule has 8 heteroatoms. The minimum atomic E-state index is -0.317. The third-order valence-electron chi connectivity index (χ3n) is 5.74. The maximum Gasteiger partial charge on any atom is 0.241 e. The molecule has 3 atom stereocenters. The fourth-order valence-corrected chi connectivity index (χ4v) is 4.40. The Morgan fingerprint density at radius 3 is 2.81 bits per heavy atom. The molecular weight excluding hydrogens is 357 g/mol. The van der Waals surface area contributed by atoms with E-state index >= 15 is 0 Å². The van der Waals surface area contributed by atoms with Crippen LogP contribution in [0.5, 0.6) is 0 Å². The highest BCUT2D eigenvalue weighted by molar-refractivity contribution is 6.31. The number of rotatable bonds is 3. The summed E-state index contributed by atoms with van der Waals surface area (Å²) in [5.74, 6) is 0.183. The van der Waals surface area contributed by atoms with Gasteiger partial charge in [-0.25, -0.2) is 9.82 Å². The number of carbonyl (C=O) groups is 1. The highest BCUT2D eigenvalue weighted by Crippen LogP contribution is 2.23. The van der Waals surface area contributed by atoms with Crippen LogP contribution >= 0.6 is 11.6 Å². The van der Waals surface area contributed by atoms with Crippen LogP contribution < -0.4 is 16.2 Å². The molecule has 6 nitrogen and oxygen atoms in total. The summed E-state index contributed by atoms with van der Waals surface area (Å²) in [6, 6.07) is 4.76. The highest BCUT2D eigenvalue weighted by atomic mass is 35.5. The summed E-state index contributed by atoms with van der Waals surface area (Å²) in [6.07, 6.45) is 1.05. The molecule has 1 aromatic rings. The number of benzene rings is 1. The molecule has 3 aliphatic heterocycles. The summed E-state index contributed by atoms with van der Waals surface area (Å²) in [7, 11) is 0. The molecule has 4 rings (SSSR count). The van der Waals surface area contributed by atoms with Crippen LogP contribution in [0.4, 0.5) is 4.39 Å². The van der Waals surface area contributed by atoms with Gasteiger partial charge >= 0.3 is 0 Å². The monoisotopic (exact) mass is 381 g/mol. The average Bonchev–Trinajstić information content (AvgIpc) is 3.08. The summed E-state index contributed by atoms with van der Waals surface area (Å²) >= 11 is 6.13. The zero-order valence-corrected chi connectivity index (χ0v) is 15.4. The van der Waals surface area contributed by atoms with E-state index < -0.39 is 0 Å². The van der Waals surface area contributed by atoms with Gasteiger partial charge in [0, 0.05) is 56.3 Å². The Kier molecular flexibility index (Phi) is 5.42. The van der Waals surface area contributed by atoms with Crippen LogP contribution in [0.15, 0.2) is 18.2 Å². The Morgan fingerprint density at radius 1 is 1.23 bits per heavy atom. The van der Waals surface area contributed by atoms with E-state index in [0.717, 1.165) is 38.2 Å². The lowest BCUT2D eigenvalue weighted by atomic mass is 9.89. The van der Waals surface area contributed by atoms with Crippen molar-refractivity contribution < 1.29 is 9.18 Å². The van der Waals surface area contributed by atoms with Crippen molar-refractivity contribution in [3.05, 3.63) is 34.6 Å². The van der Waals surface area contributed by atoms with Crippen molar-refractivity contribution in [3.63, 3.8) is 0 Å². The number of hydrogen-bond donors (Lipinski definition) is 3. The molecule has 3 fully saturated rings. The maximum atomic E-state index is 13.2. The van der Waals surface area contributed by atoms with E-state index in [1.54, 1.807) is 6.07 Å². The molecule has 142 valence electrons. The zero-order valence-electron chi connectivity index (χ0n) is 14.7. The molecule has 1 amide bonds. The number of halogens is 2. The van der Waals surface area contributed by atoms with E-state index in [1.807, 2.05) is 4.90 Å². The number of amides is 1. The average molecular weight is 382 g/mol. The third-order valence-corrected chi connectivity index (χ3v) is 6.09. The van der Waals surface area contributed by atoms with Gasteiger partial charge in [0.2, 0.25) is 5.91 Å². The van der Waals surface area contributed by atoms with Gasteiger partial charge in [0.05, 0.1) is 0 Å². The van der Waals surface area contributed by atoms with Gasteiger partial charge < -0.3 is 10.2 Å². The van der Waals surface area contributed by atoms with E-state index in [4.69, 9.17) is 11.6 Å². The molecule has 3 aliphatic rings. The van der Waals surface area contributed by atoms with Crippen LogP contribution in [-0.2, 0) is 11.3 Å². The molecular formula is C18H25ClFN5O. The summed E-state index contributed by atoms with van der Waals surface area (Å²) in [6.45, 7) is 5.57. The molecule has 0 bridgehead atoms. The number of hydrogen-bond acceptors (Lipinski definition) is 5. The number of hydrazine groups is 1. The molecule has 3 N–H and O–H groups in total. The van der Waals surface area contributed by atoms with Crippen molar-refractivity contribution >= 4 is 17.5 Å². The first-order valence-corrected chi connectivity index (χ1v) is 9.66. The lowest BCUT2D eigenvalue weighted by molar-refractivity contribution is -0.136. The SMILES string of the molecule is O=C(C1NNC2CCNCC21)N1CCN(Cc2ccc(F)cc2Cl)CC1. The highest BCUT2D eigenvalue weighted by Gasteiger charge is 2.43. The van der Waals surface area contributed by atoms with Crippen LogP contribution in [0.1, 0.15) is 12.0 Å². The second kappa shape index (κ2) is 7.78. The third kappa shape index (κ3) is 3.73. The molecule has 3 saturated heterocycles. The Hall–Kier alpha value is -1.25. The molecule has 0 aromatic heterocycles. The largest absolute Gasteiger partial charge is 0.339 e. The van der Waals surface area contributed by atoms with Crippen LogP contribution in [0.2, 0.25) is 5.02 Å². The standard InChI is InChI=1S/C18H25ClFN5O/c19-15-9-13(20)2-1-12(15)11-24-5-7-25(8-6-24)18(26)17-14-10-21-4-3-16(14)22-23-17/h1-2,9,14,16-17,21-23H,3-8,10-11H2. The van der Waals surface area contributed by atoms with Gasteiger partial charge in [0.25, 0.3) is 0 Å². The summed E-state index contributed by atoms with van der Waals surface area (Å²) < 4.78 is 13.2. The number of piperazine rings is 1. The van der Waals surface area contributed by atoms with Crippen LogP contribution in [0, 0.1) is 11.7 Å². The van der Waals surface area contributed by atoms with E-state index in [-0.39, 0.29) is 17.8 Å². The number of nitrogens with one attached hydrogen (secondary N) is 3. The van der Waals surface area contributed by atoms with E-state index in [0.29, 0.717) is 36.6 Å². The Morgan fingerprint density at radius 2 is 2.04 bits per heavy atom. The molecule has 3 heterocycles. The lowest BCUT2D eigenvalue weighted by Crippen LogP contribution is -2.55. The number of fused-ring (bicyclic) bond motifs is 1. The second-order valence-corrected chi connectivity index (χ2v) is 7.77. The van der Waals surface area contributed by atoms with Crippen LogP contribution in [-0.4, -0.2) is 67.1 Å². The first-order chi connectivity index (χ1) is 12.6. The zero-order chi connectivity index (χ0) is 18.1. The van der Waals surface area contributed by atoms with Crippen molar-refractivity contribution in [1.29, 1.82) is 0 Å². The normalized spacial score (nSPS) is 29.6. The predicted octanol–water partition coefficient (Wildman–Crippen LogP) is 0.578. The minimum Gasteiger partial charge on any atom is -0.339 e. The van der Waals surface area contributed by atoms with Crippen molar-refractivity contribution in [1.82, 2.24) is 26.0 Å². The first-order valence-electron chi connectivity index (χ1n) is 9.28. The van der Waals surface area contributed by atoms with Crippen molar-refractivity contribution in [2.45, 2.75) is 25.0 Å². The van der Waals surface area contributed by atoms with Crippen LogP contribution in [0.25, 0.3) is 0 Å². The molecule has 26 heavy (non-hydrogen) atoms. The van der Waals surface area contributed by atoms with E-state index in [1.165, 1.54) is 12.1 Å². The predicted molar refractivity (Wildman–Crippen MR) is 98.1 cm³/mol. The van der Waals surface area contributed by atoms with Gasteiger partial charge in [0.1, 0.15) is 11.9 Å². The summed E-state index contributed by atoms with van der Waals surface area (Å²) in [4.78, 5) is 17.1. The molecule has 0 spiro atoms. The first kappa shape index (κ1) is 18.1. The van der Waals surface area contributed by atoms with Gasteiger partial charge in [-0.1, -0.05) is 17.7 Å². The van der Waals surface area contributed by atoms with E-state index in [2.05, 4.69) is 21.1 Å². The quantitative estimate of drug-likeness (QED) is 0.715. The molecule has 1 aromatic carbocycles.